The number of H-pyrrole nitrogens is 2. The molecule has 4 aromatic rings. The molecule has 1 saturated carbocycles. The molecule has 2 bridgehead atoms. The Morgan fingerprint density at radius 3 is 1.94 bits per heavy atom. The van der Waals surface area contributed by atoms with Gasteiger partial charge in [-0.3, -0.25) is 19.2 Å². The minimum Gasteiger partial charge on any atom is -0.471 e. The van der Waals surface area contributed by atoms with E-state index in [1.807, 2.05) is 43.3 Å². The minimum atomic E-state index is -0.200. The molecule has 0 radical (unpaired) electrons. The molecule has 0 spiro atoms. The Morgan fingerprint density at radius 2 is 1.34 bits per heavy atom. The summed E-state index contributed by atoms with van der Waals surface area (Å²) in [6.07, 6.45) is 11.8. The molecular formula is C50H68N8O6. The van der Waals surface area contributed by atoms with Gasteiger partial charge in [0.2, 0.25) is 11.8 Å². The summed E-state index contributed by atoms with van der Waals surface area (Å²) in [5, 5.41) is 5.96. The maximum atomic E-state index is 13.4. The summed E-state index contributed by atoms with van der Waals surface area (Å²) in [5.41, 5.74) is 9.43. The number of imidazole rings is 2. The van der Waals surface area contributed by atoms with E-state index in [2.05, 4.69) is 106 Å². The number of methoxy groups -OCH3 is 2. The summed E-state index contributed by atoms with van der Waals surface area (Å²) < 4.78 is 7.72. The molecule has 14 nitrogen and oxygen atoms in total. The van der Waals surface area contributed by atoms with Crippen LogP contribution in [-0.2, 0) is 28.7 Å². The Hall–Kier alpha value is -5.78. The third kappa shape index (κ3) is 11.7. The molecule has 5 atom stereocenters. The van der Waals surface area contributed by atoms with E-state index in [0.717, 1.165) is 72.9 Å². The Labute approximate surface area is 379 Å². The van der Waals surface area contributed by atoms with Gasteiger partial charge in [-0.2, -0.15) is 0 Å². The molecule has 2 aliphatic carbocycles. The van der Waals surface area contributed by atoms with Gasteiger partial charge in [-0.05, 0) is 130 Å². The highest BCUT2D eigenvalue weighted by molar-refractivity contribution is 5.83. The van der Waals surface area contributed by atoms with Crippen LogP contribution in [0, 0.1) is 23.7 Å². The number of ether oxygens (including phenoxy) is 2. The van der Waals surface area contributed by atoms with Crippen LogP contribution in [0.4, 0.5) is 0 Å². The number of aromatic nitrogens is 4. The van der Waals surface area contributed by atoms with Crippen molar-refractivity contribution >= 4 is 24.8 Å². The lowest BCUT2D eigenvalue weighted by Crippen LogP contribution is -2.47. The number of likely N-dealkylation sites (tertiary alicyclic amines) is 2. The lowest BCUT2D eigenvalue weighted by Gasteiger charge is -2.29. The molecule has 14 heteroatoms. The van der Waals surface area contributed by atoms with Crippen molar-refractivity contribution in [2.24, 2.45) is 11.8 Å². The fourth-order valence-corrected chi connectivity index (χ4v) is 9.62. The van der Waals surface area contributed by atoms with Gasteiger partial charge in [0, 0.05) is 25.1 Å². The maximum absolute atomic E-state index is 13.4. The van der Waals surface area contributed by atoms with Gasteiger partial charge in [-0.25, -0.2) is 9.97 Å². The number of likely N-dealkylation sites (N-methyl/N-ethyl adjacent to an activating group) is 1. The number of hydrogen-bond donors (Lipinski definition) is 4. The van der Waals surface area contributed by atoms with Gasteiger partial charge in [0.1, 0.15) is 17.3 Å². The monoisotopic (exact) mass is 877 g/mol. The van der Waals surface area contributed by atoms with Crippen LogP contribution in [0.1, 0.15) is 137 Å². The Morgan fingerprint density at radius 1 is 0.781 bits per heavy atom. The zero-order valence-corrected chi connectivity index (χ0v) is 39.1. The van der Waals surface area contributed by atoms with Crippen molar-refractivity contribution in [1.82, 2.24) is 40.4 Å². The second kappa shape index (κ2) is 23.8. The molecule has 4 N–H and O–H groups in total. The average molecular weight is 877 g/mol. The van der Waals surface area contributed by atoms with Crippen LogP contribution in [0.3, 0.4) is 0 Å². The number of benzene rings is 2. The SMILES string of the molecule is CNC.CNC(C(=O)N1CCCC1c1ncc(C#Cc2ccc(-c3ccc(-c4cnc([C@@H]5CCCN5C(=O)CC(C)C)[nH]4)cc3)c3c2C2CCC3C2)[nH]1)C(C)C.COC=O.COC=O. The average Bonchev–Trinajstić information content (AvgIpc) is 4.16. The lowest BCUT2D eigenvalue weighted by atomic mass is 9.83. The highest BCUT2D eigenvalue weighted by Crippen LogP contribution is 2.56. The molecule has 2 aromatic heterocycles. The fraction of sp³-hybridized carbons (Fsp3) is 0.520. The Balaban J connectivity index is 0.000000633. The van der Waals surface area contributed by atoms with E-state index in [-0.39, 0.29) is 35.9 Å². The van der Waals surface area contributed by atoms with Crippen molar-refractivity contribution in [3.8, 4) is 34.2 Å². The summed E-state index contributed by atoms with van der Waals surface area (Å²) in [7, 11) is 8.24. The van der Waals surface area contributed by atoms with E-state index in [9.17, 15) is 9.59 Å². The summed E-state index contributed by atoms with van der Waals surface area (Å²) in [6, 6.07) is 13.1. The van der Waals surface area contributed by atoms with Gasteiger partial charge < -0.3 is 39.9 Å². The Bertz CT molecular complexity index is 2210. The zero-order valence-electron chi connectivity index (χ0n) is 39.1. The zero-order chi connectivity index (χ0) is 46.3. The number of nitrogens with one attached hydrogen (secondary N) is 4. The van der Waals surface area contributed by atoms with Gasteiger partial charge in [-0.15, -0.1) is 0 Å². The molecule has 2 aliphatic heterocycles. The van der Waals surface area contributed by atoms with Crippen molar-refractivity contribution in [1.29, 1.82) is 0 Å². The first-order chi connectivity index (χ1) is 30.9. The van der Waals surface area contributed by atoms with Gasteiger partial charge in [0.25, 0.3) is 12.9 Å². The standard InChI is InChI=1S/C44H53N7O2.C2H7N.2C2H4O2/c1-26(2)22-38(52)50-20-6-8-36(50)43-47-25-35(49-43)29-12-10-28(11-13-29)34-19-17-30(39-31-14-15-32(23-31)40(34)39)16-18-33-24-46-42(48-33)37-9-7-21-51(37)44(53)41(45-5)27(3)4;1-3-2;2*1-4-2-3/h10-13,17,19,24-27,31-32,36-37,41,45H,6-9,14-15,20-23H2,1-5H3,(H,46,48)(H,47,49);3H,1-2H3;2*2H,1H3/t31?,32?,36-,37?,41?;;;/m0.../s1. The second-order valence-corrected chi connectivity index (χ2v) is 17.6. The normalized spacial score (nSPS) is 19.5. The summed E-state index contributed by atoms with van der Waals surface area (Å²) >= 11 is 0. The largest absolute Gasteiger partial charge is 0.471 e. The molecule has 8 rings (SSSR count). The molecular weight excluding hydrogens is 809 g/mol. The third-order valence-corrected chi connectivity index (χ3v) is 12.3. The summed E-state index contributed by atoms with van der Waals surface area (Å²) in [6.45, 7) is 10.7. The van der Waals surface area contributed by atoms with Gasteiger partial charge >= 0.3 is 0 Å². The van der Waals surface area contributed by atoms with Crippen LogP contribution in [0.2, 0.25) is 0 Å². The predicted molar refractivity (Wildman–Crippen MR) is 249 cm³/mol. The molecule has 2 saturated heterocycles. The molecule has 2 aromatic carbocycles. The quantitative estimate of drug-likeness (QED) is 0.0887. The van der Waals surface area contributed by atoms with E-state index in [4.69, 9.17) is 19.6 Å². The number of carbonyl (C=O) groups is 4. The number of aromatic amines is 2. The first-order valence-electron chi connectivity index (χ1n) is 22.6. The maximum Gasteiger partial charge on any atom is 0.292 e. The molecule has 64 heavy (non-hydrogen) atoms. The van der Waals surface area contributed by atoms with E-state index in [1.54, 1.807) is 0 Å². The highest BCUT2D eigenvalue weighted by atomic mass is 16.5. The van der Waals surface area contributed by atoms with Crippen LogP contribution < -0.4 is 10.6 Å². The van der Waals surface area contributed by atoms with Crippen LogP contribution in [0.25, 0.3) is 22.4 Å². The van der Waals surface area contributed by atoms with Crippen LogP contribution >= 0.6 is 0 Å². The molecule has 4 heterocycles. The second-order valence-electron chi connectivity index (χ2n) is 17.6. The van der Waals surface area contributed by atoms with Crippen LogP contribution in [-0.4, -0.2) is 109 Å². The first-order valence-corrected chi connectivity index (χ1v) is 22.6. The first kappa shape index (κ1) is 49.2. The van der Waals surface area contributed by atoms with Crippen LogP contribution in [0.5, 0.6) is 0 Å². The number of carbonyl (C=O) groups excluding carboxylic acids is 4. The van der Waals surface area contributed by atoms with E-state index < -0.39 is 0 Å². The van der Waals surface area contributed by atoms with Crippen molar-refractivity contribution in [3.05, 3.63) is 82.8 Å². The van der Waals surface area contributed by atoms with Gasteiger partial charge in [0.15, 0.2) is 0 Å². The number of nitrogens with zero attached hydrogens (tertiary/aromatic N) is 4. The van der Waals surface area contributed by atoms with Crippen molar-refractivity contribution in [2.45, 2.75) is 109 Å². The van der Waals surface area contributed by atoms with Gasteiger partial charge in [-0.1, -0.05) is 63.9 Å². The molecule has 4 unspecified atom stereocenters. The van der Waals surface area contributed by atoms with E-state index >= 15 is 0 Å². The van der Waals surface area contributed by atoms with Crippen molar-refractivity contribution < 1.29 is 28.7 Å². The third-order valence-electron chi connectivity index (χ3n) is 12.3. The number of hydrogen-bond acceptors (Lipinski definition) is 10. The number of amides is 2. The molecule has 344 valence electrons. The number of fused-ring (bicyclic) bond motifs is 5. The topological polar surface area (TPSA) is 175 Å². The summed E-state index contributed by atoms with van der Waals surface area (Å²) in [4.78, 5) is 64.7. The van der Waals surface area contributed by atoms with E-state index in [0.29, 0.717) is 37.1 Å². The number of rotatable bonds is 11. The Kier molecular flexibility index (Phi) is 18.3. The smallest absolute Gasteiger partial charge is 0.292 e. The van der Waals surface area contributed by atoms with Gasteiger partial charge in [0.05, 0.1) is 50.4 Å². The molecule has 4 aliphatic rings. The van der Waals surface area contributed by atoms with E-state index in [1.165, 1.54) is 55.7 Å². The van der Waals surface area contributed by atoms with Crippen LogP contribution in [0.15, 0.2) is 48.8 Å². The fourth-order valence-electron chi connectivity index (χ4n) is 9.62. The minimum absolute atomic E-state index is 0.0264. The van der Waals surface area contributed by atoms with Crippen molar-refractivity contribution in [3.63, 3.8) is 0 Å². The summed E-state index contributed by atoms with van der Waals surface area (Å²) in [5.74, 6) is 10.7. The molecule has 2 amide bonds. The lowest BCUT2D eigenvalue weighted by molar-refractivity contribution is -0.135. The predicted octanol–water partition coefficient (Wildman–Crippen LogP) is 7.26. The van der Waals surface area contributed by atoms with Crippen molar-refractivity contribution in [2.75, 3.05) is 48.5 Å². The highest BCUT2D eigenvalue weighted by Gasteiger charge is 2.40. The molecule has 3 fully saturated rings.